The van der Waals surface area contributed by atoms with Crippen molar-refractivity contribution in [3.05, 3.63) is 72.1 Å². The minimum absolute atomic E-state index is 0.00704. The highest BCUT2D eigenvalue weighted by atomic mass is 16.1. The van der Waals surface area contributed by atoms with Gasteiger partial charge in [-0.1, -0.05) is 36.4 Å². The molecule has 1 aromatic heterocycles. The number of piperidine rings is 1. The van der Waals surface area contributed by atoms with E-state index in [1.54, 1.807) is 0 Å². The number of anilines is 3. The second-order valence-corrected chi connectivity index (χ2v) is 7.69. The van der Waals surface area contributed by atoms with Crippen molar-refractivity contribution in [1.82, 2.24) is 25.2 Å². The number of nitrogens with one attached hydrogen (secondary N) is 2. The lowest BCUT2D eigenvalue weighted by atomic mass is 10.0. The summed E-state index contributed by atoms with van der Waals surface area (Å²) in [5.74, 6) is 1.25. The van der Waals surface area contributed by atoms with Gasteiger partial charge in [0.15, 0.2) is 5.82 Å². The van der Waals surface area contributed by atoms with E-state index in [1.807, 2.05) is 60.7 Å². The Bertz CT molecular complexity index is 1000. The van der Waals surface area contributed by atoms with Crippen LogP contribution in [0.4, 0.5) is 17.6 Å². The predicted octanol–water partition coefficient (Wildman–Crippen LogP) is 3.15. The topological polar surface area (TPSA) is 109 Å². The molecular weight excluding hydrogens is 390 g/mol. The number of benzene rings is 2. The summed E-state index contributed by atoms with van der Waals surface area (Å²) in [4.78, 5) is 27.9. The fourth-order valence-corrected chi connectivity index (χ4v) is 3.76. The molecule has 1 saturated heterocycles. The summed E-state index contributed by atoms with van der Waals surface area (Å²) in [6, 6.07) is 19.2. The number of likely N-dealkylation sites (tertiary alicyclic amines) is 1. The fraction of sp³-hybridized carbons (Fsp3) is 0.304. The minimum atomic E-state index is -0.0195. The van der Waals surface area contributed by atoms with E-state index in [0.717, 1.165) is 31.6 Å². The van der Waals surface area contributed by atoms with Crippen molar-refractivity contribution in [3.63, 3.8) is 0 Å². The standard InChI is InChI=1S/C23H27N7O/c1-16(20-27-22(24)29-23(28-20)26-18-10-6-3-7-11-18)30-14-12-19(13-15-30)25-21(31)17-8-4-2-5-9-17/h2-11,16,19H,12-15H2,1H3,(H,25,31)(H3,24,26,27,28,29)/t16-/m1/s1. The van der Waals surface area contributed by atoms with Gasteiger partial charge in [-0.2, -0.15) is 15.0 Å². The van der Waals surface area contributed by atoms with Crippen LogP contribution in [0.15, 0.2) is 60.7 Å². The van der Waals surface area contributed by atoms with Crippen LogP contribution in [-0.2, 0) is 0 Å². The van der Waals surface area contributed by atoms with Crippen molar-refractivity contribution >= 4 is 23.5 Å². The van der Waals surface area contributed by atoms with E-state index in [4.69, 9.17) is 5.73 Å². The summed E-state index contributed by atoms with van der Waals surface area (Å²) in [5, 5.41) is 6.32. The first-order valence-corrected chi connectivity index (χ1v) is 10.5. The van der Waals surface area contributed by atoms with Crippen molar-refractivity contribution < 1.29 is 4.79 Å². The first-order chi connectivity index (χ1) is 15.1. The Kier molecular flexibility index (Phi) is 6.37. The van der Waals surface area contributed by atoms with Gasteiger partial charge >= 0.3 is 0 Å². The minimum Gasteiger partial charge on any atom is -0.368 e. The van der Waals surface area contributed by atoms with Gasteiger partial charge in [-0.15, -0.1) is 0 Å². The molecule has 4 rings (SSSR count). The molecule has 1 amide bonds. The molecule has 1 aliphatic heterocycles. The molecule has 8 nitrogen and oxygen atoms in total. The highest BCUT2D eigenvalue weighted by Gasteiger charge is 2.26. The van der Waals surface area contributed by atoms with E-state index in [2.05, 4.69) is 37.4 Å². The maximum absolute atomic E-state index is 12.4. The van der Waals surface area contributed by atoms with Crippen LogP contribution in [0, 0.1) is 0 Å². The molecule has 0 bridgehead atoms. The number of nitrogen functional groups attached to an aromatic ring is 1. The van der Waals surface area contributed by atoms with Crippen molar-refractivity contribution in [3.8, 4) is 0 Å². The van der Waals surface area contributed by atoms with Gasteiger partial charge in [-0.3, -0.25) is 9.69 Å². The molecule has 2 aromatic carbocycles. The number of hydrogen-bond acceptors (Lipinski definition) is 7. The molecule has 2 heterocycles. The summed E-state index contributed by atoms with van der Waals surface area (Å²) in [5.41, 5.74) is 7.53. The van der Waals surface area contributed by atoms with Gasteiger partial charge in [-0.05, 0) is 44.0 Å². The Hall–Kier alpha value is -3.52. The molecule has 0 radical (unpaired) electrons. The van der Waals surface area contributed by atoms with Gasteiger partial charge in [0, 0.05) is 30.4 Å². The zero-order valence-corrected chi connectivity index (χ0v) is 17.5. The zero-order chi connectivity index (χ0) is 21.6. The fourth-order valence-electron chi connectivity index (χ4n) is 3.76. The van der Waals surface area contributed by atoms with Gasteiger partial charge in [0.25, 0.3) is 5.91 Å². The number of hydrogen-bond donors (Lipinski definition) is 3. The third-order valence-electron chi connectivity index (χ3n) is 5.52. The highest BCUT2D eigenvalue weighted by Crippen LogP contribution is 2.24. The van der Waals surface area contributed by atoms with Crippen LogP contribution >= 0.6 is 0 Å². The van der Waals surface area contributed by atoms with Crippen LogP contribution in [0.1, 0.15) is 42.0 Å². The largest absolute Gasteiger partial charge is 0.368 e. The SMILES string of the molecule is C[C@H](c1nc(N)nc(Nc2ccccc2)n1)N1CCC(NC(=O)c2ccccc2)CC1. The molecular formula is C23H27N7O. The second-order valence-electron chi connectivity index (χ2n) is 7.69. The number of para-hydroxylation sites is 1. The molecule has 0 unspecified atom stereocenters. The molecule has 0 spiro atoms. The molecule has 0 aliphatic carbocycles. The molecule has 8 heteroatoms. The molecule has 31 heavy (non-hydrogen) atoms. The van der Waals surface area contributed by atoms with Crippen LogP contribution in [0.25, 0.3) is 0 Å². The van der Waals surface area contributed by atoms with Crippen molar-refractivity contribution in [2.75, 3.05) is 24.1 Å². The number of nitrogens with two attached hydrogens (primary N) is 1. The van der Waals surface area contributed by atoms with Gasteiger partial charge in [0.2, 0.25) is 11.9 Å². The van der Waals surface area contributed by atoms with Crippen LogP contribution in [0.3, 0.4) is 0 Å². The Morgan fingerprint density at radius 3 is 2.32 bits per heavy atom. The molecule has 1 fully saturated rings. The third-order valence-corrected chi connectivity index (χ3v) is 5.52. The Morgan fingerprint density at radius 1 is 1.00 bits per heavy atom. The lowest BCUT2D eigenvalue weighted by Crippen LogP contribution is -2.45. The van der Waals surface area contributed by atoms with E-state index in [1.165, 1.54) is 0 Å². The van der Waals surface area contributed by atoms with E-state index in [9.17, 15) is 4.79 Å². The van der Waals surface area contributed by atoms with Crippen molar-refractivity contribution in [1.29, 1.82) is 0 Å². The summed E-state index contributed by atoms with van der Waals surface area (Å²) < 4.78 is 0. The smallest absolute Gasteiger partial charge is 0.251 e. The maximum atomic E-state index is 12.4. The summed E-state index contributed by atoms with van der Waals surface area (Å²) in [6.45, 7) is 3.76. The molecule has 4 N–H and O–H groups in total. The van der Waals surface area contributed by atoms with Crippen LogP contribution < -0.4 is 16.4 Å². The van der Waals surface area contributed by atoms with Crippen molar-refractivity contribution in [2.45, 2.75) is 31.8 Å². The van der Waals surface area contributed by atoms with Crippen molar-refractivity contribution in [2.24, 2.45) is 0 Å². The van der Waals surface area contributed by atoms with Gasteiger partial charge in [-0.25, -0.2) is 0 Å². The Balaban J connectivity index is 1.36. The first-order valence-electron chi connectivity index (χ1n) is 10.5. The number of nitrogens with zero attached hydrogens (tertiary/aromatic N) is 4. The Morgan fingerprint density at radius 2 is 1.65 bits per heavy atom. The number of rotatable bonds is 6. The lowest BCUT2D eigenvalue weighted by Gasteiger charge is -2.35. The van der Waals surface area contributed by atoms with Crippen LogP contribution in [0.5, 0.6) is 0 Å². The average Bonchev–Trinajstić information content (AvgIpc) is 2.80. The maximum Gasteiger partial charge on any atom is 0.251 e. The lowest BCUT2D eigenvalue weighted by molar-refractivity contribution is 0.0893. The summed E-state index contributed by atoms with van der Waals surface area (Å²) >= 11 is 0. The normalized spacial score (nSPS) is 15.9. The monoisotopic (exact) mass is 417 g/mol. The summed E-state index contributed by atoms with van der Waals surface area (Å²) in [7, 11) is 0. The van der Waals surface area contributed by atoms with Gasteiger partial charge < -0.3 is 16.4 Å². The van der Waals surface area contributed by atoms with Crippen LogP contribution in [-0.4, -0.2) is 44.9 Å². The van der Waals surface area contributed by atoms with E-state index in [-0.39, 0.29) is 23.9 Å². The number of carbonyl (C=O) groups is 1. The number of carbonyl (C=O) groups excluding carboxylic acids is 1. The van der Waals surface area contributed by atoms with E-state index < -0.39 is 0 Å². The Labute approximate surface area is 181 Å². The first kappa shape index (κ1) is 20.7. The average molecular weight is 418 g/mol. The number of aromatic nitrogens is 3. The highest BCUT2D eigenvalue weighted by molar-refractivity contribution is 5.94. The van der Waals surface area contributed by atoms with E-state index in [0.29, 0.717) is 17.3 Å². The van der Waals surface area contributed by atoms with Crippen LogP contribution in [0.2, 0.25) is 0 Å². The van der Waals surface area contributed by atoms with Gasteiger partial charge in [0.05, 0.1) is 6.04 Å². The molecule has 3 aromatic rings. The molecule has 1 aliphatic rings. The molecule has 1 atom stereocenters. The quantitative estimate of drug-likeness (QED) is 0.565. The number of amides is 1. The van der Waals surface area contributed by atoms with Gasteiger partial charge in [0.1, 0.15) is 0 Å². The zero-order valence-electron chi connectivity index (χ0n) is 17.5. The molecule has 160 valence electrons. The molecule has 0 saturated carbocycles. The predicted molar refractivity (Wildman–Crippen MR) is 121 cm³/mol. The summed E-state index contributed by atoms with van der Waals surface area (Å²) in [6.07, 6.45) is 1.75. The van der Waals surface area contributed by atoms with E-state index >= 15 is 0 Å². The third kappa shape index (κ3) is 5.35. The second kappa shape index (κ2) is 9.53.